The fraction of sp³-hybridized carbons (Fsp3) is 0.538. The minimum Gasteiger partial charge on any atom is -0.325 e. The molecule has 1 unspecified atom stereocenters. The summed E-state index contributed by atoms with van der Waals surface area (Å²) in [4.78, 5) is 0. The van der Waals surface area contributed by atoms with E-state index < -0.39 is 0 Å². The number of rotatable bonds is 1. The van der Waals surface area contributed by atoms with Crippen LogP contribution in [0.3, 0.4) is 0 Å². The summed E-state index contributed by atoms with van der Waals surface area (Å²) in [6.45, 7) is 0. The SMILES string of the molecule is Cl.NC1(C2CCCc3ccccc32)CC1. The third-order valence-electron chi connectivity index (χ3n) is 3.89. The quantitative estimate of drug-likeness (QED) is 0.778. The van der Waals surface area contributed by atoms with Crippen molar-refractivity contribution < 1.29 is 0 Å². The van der Waals surface area contributed by atoms with Crippen LogP contribution in [0.5, 0.6) is 0 Å². The van der Waals surface area contributed by atoms with Crippen LogP contribution in [0.15, 0.2) is 24.3 Å². The molecule has 1 fully saturated rings. The van der Waals surface area contributed by atoms with E-state index in [1.165, 1.54) is 32.1 Å². The number of aryl methyl sites for hydroxylation is 1. The molecule has 0 spiro atoms. The summed E-state index contributed by atoms with van der Waals surface area (Å²) in [6, 6.07) is 8.86. The van der Waals surface area contributed by atoms with Gasteiger partial charge in [-0.25, -0.2) is 0 Å². The van der Waals surface area contributed by atoms with Gasteiger partial charge in [0.25, 0.3) is 0 Å². The summed E-state index contributed by atoms with van der Waals surface area (Å²) in [7, 11) is 0. The predicted molar refractivity (Wildman–Crippen MR) is 65.5 cm³/mol. The largest absolute Gasteiger partial charge is 0.325 e. The maximum Gasteiger partial charge on any atom is 0.0225 e. The third kappa shape index (κ3) is 1.79. The Hall–Kier alpha value is -0.530. The zero-order chi connectivity index (χ0) is 9.60. The summed E-state index contributed by atoms with van der Waals surface area (Å²) in [5, 5.41) is 0. The van der Waals surface area contributed by atoms with E-state index in [1.807, 2.05) is 0 Å². The molecule has 0 aromatic heterocycles. The molecule has 0 radical (unpaired) electrons. The van der Waals surface area contributed by atoms with Gasteiger partial charge in [0.1, 0.15) is 0 Å². The van der Waals surface area contributed by atoms with E-state index in [-0.39, 0.29) is 17.9 Å². The van der Waals surface area contributed by atoms with E-state index in [9.17, 15) is 0 Å². The van der Waals surface area contributed by atoms with Crippen LogP contribution in [0.2, 0.25) is 0 Å². The monoisotopic (exact) mass is 223 g/mol. The summed E-state index contributed by atoms with van der Waals surface area (Å²) in [6.07, 6.45) is 6.33. The number of fused-ring (bicyclic) bond motifs is 1. The van der Waals surface area contributed by atoms with Crippen molar-refractivity contribution in [1.82, 2.24) is 0 Å². The van der Waals surface area contributed by atoms with Gasteiger partial charge in [0, 0.05) is 11.5 Å². The Morgan fingerprint density at radius 3 is 2.67 bits per heavy atom. The Balaban J connectivity index is 0.000000853. The van der Waals surface area contributed by atoms with Gasteiger partial charge in [0.15, 0.2) is 0 Å². The highest BCUT2D eigenvalue weighted by atomic mass is 35.5. The van der Waals surface area contributed by atoms with Crippen LogP contribution in [0, 0.1) is 0 Å². The Kier molecular flexibility index (Phi) is 2.78. The molecule has 2 aliphatic carbocycles. The van der Waals surface area contributed by atoms with Gasteiger partial charge in [-0.1, -0.05) is 24.3 Å². The summed E-state index contributed by atoms with van der Waals surface area (Å²) < 4.78 is 0. The molecule has 0 saturated heterocycles. The molecular formula is C13H18ClN. The van der Waals surface area contributed by atoms with Crippen LogP contribution in [-0.4, -0.2) is 5.54 Å². The van der Waals surface area contributed by atoms with Gasteiger partial charge in [-0.15, -0.1) is 12.4 Å². The fourth-order valence-electron chi connectivity index (χ4n) is 2.84. The molecule has 0 bridgehead atoms. The molecule has 1 saturated carbocycles. The highest BCUT2D eigenvalue weighted by Crippen LogP contribution is 2.49. The van der Waals surface area contributed by atoms with Crippen LogP contribution < -0.4 is 5.73 Å². The van der Waals surface area contributed by atoms with Crippen molar-refractivity contribution in [3.8, 4) is 0 Å². The number of nitrogens with two attached hydrogens (primary N) is 1. The number of benzene rings is 1. The first-order valence-electron chi connectivity index (χ1n) is 5.66. The molecule has 0 aliphatic heterocycles. The van der Waals surface area contributed by atoms with Crippen LogP contribution in [-0.2, 0) is 6.42 Å². The number of hydrogen-bond acceptors (Lipinski definition) is 1. The van der Waals surface area contributed by atoms with Crippen molar-refractivity contribution in [1.29, 1.82) is 0 Å². The first kappa shape index (κ1) is 11.0. The van der Waals surface area contributed by atoms with E-state index >= 15 is 0 Å². The highest BCUT2D eigenvalue weighted by molar-refractivity contribution is 5.85. The Morgan fingerprint density at radius 1 is 1.20 bits per heavy atom. The Morgan fingerprint density at radius 2 is 1.93 bits per heavy atom. The van der Waals surface area contributed by atoms with Crippen molar-refractivity contribution in [2.24, 2.45) is 5.73 Å². The zero-order valence-corrected chi connectivity index (χ0v) is 9.72. The number of hydrogen-bond donors (Lipinski definition) is 1. The normalized spacial score (nSPS) is 26.3. The Bertz CT molecular complexity index is 357. The van der Waals surface area contributed by atoms with Gasteiger partial charge in [-0.2, -0.15) is 0 Å². The van der Waals surface area contributed by atoms with Gasteiger partial charge >= 0.3 is 0 Å². The third-order valence-corrected chi connectivity index (χ3v) is 3.89. The molecule has 82 valence electrons. The molecule has 2 heteroatoms. The lowest BCUT2D eigenvalue weighted by Gasteiger charge is -2.30. The van der Waals surface area contributed by atoms with Crippen LogP contribution in [0.25, 0.3) is 0 Å². The highest BCUT2D eigenvalue weighted by Gasteiger charge is 2.47. The topological polar surface area (TPSA) is 26.0 Å². The fourth-order valence-corrected chi connectivity index (χ4v) is 2.84. The van der Waals surface area contributed by atoms with E-state index in [0.29, 0.717) is 5.92 Å². The van der Waals surface area contributed by atoms with E-state index in [1.54, 1.807) is 11.1 Å². The van der Waals surface area contributed by atoms with Crippen LogP contribution in [0.1, 0.15) is 42.7 Å². The lowest BCUT2D eigenvalue weighted by Crippen LogP contribution is -2.32. The van der Waals surface area contributed by atoms with Gasteiger partial charge in [-0.05, 0) is 43.2 Å². The second kappa shape index (κ2) is 3.80. The van der Waals surface area contributed by atoms with Gasteiger partial charge in [-0.3, -0.25) is 0 Å². The first-order valence-corrected chi connectivity index (χ1v) is 5.66. The molecule has 2 aliphatic rings. The van der Waals surface area contributed by atoms with Gasteiger partial charge < -0.3 is 5.73 Å². The molecule has 1 aromatic rings. The molecule has 0 heterocycles. The standard InChI is InChI=1S/C13H17N.ClH/c14-13(8-9-13)12-7-3-5-10-4-1-2-6-11(10)12;/h1-2,4,6,12H,3,5,7-9,14H2;1H. The van der Waals surface area contributed by atoms with Crippen molar-refractivity contribution in [2.45, 2.75) is 43.6 Å². The second-order valence-electron chi connectivity index (χ2n) is 4.88. The predicted octanol–water partition coefficient (Wildman–Crippen LogP) is 3.02. The van der Waals surface area contributed by atoms with Gasteiger partial charge in [0.05, 0.1) is 0 Å². The zero-order valence-electron chi connectivity index (χ0n) is 8.91. The molecule has 0 amide bonds. The Labute approximate surface area is 97.5 Å². The molecular weight excluding hydrogens is 206 g/mol. The molecule has 2 N–H and O–H groups in total. The van der Waals surface area contributed by atoms with Crippen molar-refractivity contribution in [3.05, 3.63) is 35.4 Å². The second-order valence-corrected chi connectivity index (χ2v) is 4.88. The summed E-state index contributed by atoms with van der Waals surface area (Å²) >= 11 is 0. The van der Waals surface area contributed by atoms with E-state index in [2.05, 4.69) is 24.3 Å². The smallest absolute Gasteiger partial charge is 0.0225 e. The summed E-state index contributed by atoms with van der Waals surface area (Å²) in [5.74, 6) is 0.646. The summed E-state index contributed by atoms with van der Waals surface area (Å²) in [5.41, 5.74) is 9.58. The molecule has 1 atom stereocenters. The van der Waals surface area contributed by atoms with E-state index in [4.69, 9.17) is 5.73 Å². The molecule has 1 aromatic carbocycles. The first-order chi connectivity index (χ1) is 6.80. The maximum absolute atomic E-state index is 6.34. The average Bonchev–Trinajstić information content (AvgIpc) is 2.97. The minimum atomic E-state index is 0. The van der Waals surface area contributed by atoms with Crippen LogP contribution in [0.4, 0.5) is 0 Å². The lowest BCUT2D eigenvalue weighted by molar-refractivity contribution is 0.449. The lowest BCUT2D eigenvalue weighted by atomic mass is 9.78. The molecule has 15 heavy (non-hydrogen) atoms. The van der Waals surface area contributed by atoms with Crippen LogP contribution >= 0.6 is 12.4 Å². The van der Waals surface area contributed by atoms with Crippen molar-refractivity contribution in [2.75, 3.05) is 0 Å². The average molecular weight is 224 g/mol. The molecule has 3 rings (SSSR count). The minimum absolute atomic E-state index is 0. The van der Waals surface area contributed by atoms with Crippen molar-refractivity contribution in [3.63, 3.8) is 0 Å². The molecule has 1 nitrogen and oxygen atoms in total. The van der Waals surface area contributed by atoms with E-state index in [0.717, 1.165) is 0 Å². The van der Waals surface area contributed by atoms with Gasteiger partial charge in [0.2, 0.25) is 0 Å². The van der Waals surface area contributed by atoms with Crippen molar-refractivity contribution >= 4 is 12.4 Å². The number of halogens is 1. The maximum atomic E-state index is 6.34.